The zero-order chi connectivity index (χ0) is 16.8. The molecule has 2 heterocycles. The van der Waals surface area contributed by atoms with Crippen LogP contribution in [-0.4, -0.2) is 61.5 Å². The third-order valence-electron chi connectivity index (χ3n) is 5.37. The normalized spacial score (nSPS) is 22.1. The summed E-state index contributed by atoms with van der Waals surface area (Å²) in [6.45, 7) is 12.8. The molecule has 0 N–H and O–H groups in total. The highest BCUT2D eigenvalue weighted by atomic mass is 16.7. The highest BCUT2D eigenvalue weighted by Gasteiger charge is 2.30. The highest BCUT2D eigenvalue weighted by molar-refractivity contribution is 5.25. The number of piperazine rings is 1. The van der Waals surface area contributed by atoms with Gasteiger partial charge in [0.2, 0.25) is 0 Å². The number of aryl methyl sites for hydroxylation is 1. The Morgan fingerprint density at radius 3 is 2.33 bits per heavy atom. The van der Waals surface area contributed by atoms with Crippen LogP contribution in [0.3, 0.4) is 0 Å². The van der Waals surface area contributed by atoms with E-state index < -0.39 is 0 Å². The lowest BCUT2D eigenvalue weighted by atomic mass is 10.1. The van der Waals surface area contributed by atoms with E-state index in [0.29, 0.717) is 0 Å². The second-order valence-corrected chi connectivity index (χ2v) is 7.33. The van der Waals surface area contributed by atoms with Crippen molar-refractivity contribution in [3.8, 4) is 0 Å². The van der Waals surface area contributed by atoms with Crippen LogP contribution in [0.1, 0.15) is 37.3 Å². The Kier molecular flexibility index (Phi) is 6.28. The maximum absolute atomic E-state index is 5.67. The van der Waals surface area contributed by atoms with Gasteiger partial charge in [0.1, 0.15) is 0 Å². The minimum absolute atomic E-state index is 0.313. The largest absolute Gasteiger partial charge is 0.348 e. The van der Waals surface area contributed by atoms with E-state index >= 15 is 0 Å². The van der Waals surface area contributed by atoms with Crippen LogP contribution in [0, 0.1) is 6.92 Å². The summed E-state index contributed by atoms with van der Waals surface area (Å²) in [6, 6.07) is 8.75. The van der Waals surface area contributed by atoms with E-state index in [-0.39, 0.29) is 5.79 Å². The first kappa shape index (κ1) is 17.9. The molecule has 2 saturated heterocycles. The molecule has 0 spiro atoms. The zero-order valence-electron chi connectivity index (χ0n) is 15.3. The number of benzene rings is 1. The lowest BCUT2D eigenvalue weighted by Crippen LogP contribution is -2.46. The maximum Gasteiger partial charge on any atom is 0.165 e. The summed E-state index contributed by atoms with van der Waals surface area (Å²) < 4.78 is 11.3. The molecule has 0 atom stereocenters. The van der Waals surface area contributed by atoms with Gasteiger partial charge in [0.05, 0.1) is 13.2 Å². The predicted molar refractivity (Wildman–Crippen MR) is 97.1 cm³/mol. The Bertz CT molecular complexity index is 506. The van der Waals surface area contributed by atoms with Gasteiger partial charge in [-0.1, -0.05) is 24.3 Å². The molecule has 4 heteroatoms. The SMILES string of the molecule is Cc1ccccc1CN1CCN(CCCCC2(C)OCCO2)CC1. The van der Waals surface area contributed by atoms with Gasteiger partial charge in [0.15, 0.2) is 5.79 Å². The van der Waals surface area contributed by atoms with Gasteiger partial charge in [-0.15, -0.1) is 0 Å². The van der Waals surface area contributed by atoms with Crippen molar-refractivity contribution >= 4 is 0 Å². The molecule has 0 amide bonds. The Hall–Kier alpha value is -0.940. The average molecular weight is 332 g/mol. The summed E-state index contributed by atoms with van der Waals surface area (Å²) in [5, 5.41) is 0. The third-order valence-corrected chi connectivity index (χ3v) is 5.37. The van der Waals surface area contributed by atoms with Crippen LogP contribution in [0.2, 0.25) is 0 Å². The first-order valence-corrected chi connectivity index (χ1v) is 9.42. The van der Waals surface area contributed by atoms with Crippen LogP contribution >= 0.6 is 0 Å². The number of hydrogen-bond donors (Lipinski definition) is 0. The van der Waals surface area contributed by atoms with E-state index in [9.17, 15) is 0 Å². The van der Waals surface area contributed by atoms with Gasteiger partial charge in [0.25, 0.3) is 0 Å². The summed E-state index contributed by atoms with van der Waals surface area (Å²) in [4.78, 5) is 5.19. The molecule has 0 aromatic heterocycles. The van der Waals surface area contributed by atoms with Gasteiger partial charge in [-0.25, -0.2) is 0 Å². The van der Waals surface area contributed by atoms with Crippen LogP contribution in [0.5, 0.6) is 0 Å². The number of unbranched alkanes of at least 4 members (excludes halogenated alkanes) is 1. The van der Waals surface area contributed by atoms with Crippen molar-refractivity contribution in [1.82, 2.24) is 9.80 Å². The Balaban J connectivity index is 1.31. The van der Waals surface area contributed by atoms with Gasteiger partial charge >= 0.3 is 0 Å². The first-order valence-electron chi connectivity index (χ1n) is 9.42. The van der Waals surface area contributed by atoms with Crippen LogP contribution < -0.4 is 0 Å². The van der Waals surface area contributed by atoms with Gasteiger partial charge < -0.3 is 14.4 Å². The lowest BCUT2D eigenvalue weighted by molar-refractivity contribution is -0.147. The minimum atomic E-state index is -0.313. The minimum Gasteiger partial charge on any atom is -0.348 e. The smallest absolute Gasteiger partial charge is 0.165 e. The molecule has 134 valence electrons. The molecule has 0 aliphatic carbocycles. The quantitative estimate of drug-likeness (QED) is 0.717. The van der Waals surface area contributed by atoms with E-state index in [4.69, 9.17) is 9.47 Å². The van der Waals surface area contributed by atoms with Crippen molar-refractivity contribution in [2.45, 2.75) is 45.4 Å². The van der Waals surface area contributed by atoms with Crippen molar-refractivity contribution in [3.05, 3.63) is 35.4 Å². The zero-order valence-corrected chi connectivity index (χ0v) is 15.3. The molecule has 2 aliphatic rings. The van der Waals surface area contributed by atoms with Crippen LogP contribution in [-0.2, 0) is 16.0 Å². The van der Waals surface area contributed by atoms with Gasteiger partial charge in [-0.3, -0.25) is 4.90 Å². The van der Waals surface area contributed by atoms with E-state index in [1.165, 1.54) is 56.7 Å². The number of hydrogen-bond acceptors (Lipinski definition) is 4. The fraction of sp³-hybridized carbons (Fsp3) is 0.700. The molecule has 0 radical (unpaired) electrons. The van der Waals surface area contributed by atoms with Crippen molar-refractivity contribution < 1.29 is 9.47 Å². The third kappa shape index (κ3) is 5.03. The van der Waals surface area contributed by atoms with Crippen LogP contribution in [0.15, 0.2) is 24.3 Å². The van der Waals surface area contributed by atoms with E-state index in [2.05, 4.69) is 47.9 Å². The molecule has 3 rings (SSSR count). The van der Waals surface area contributed by atoms with Gasteiger partial charge in [-0.05, 0) is 44.4 Å². The summed E-state index contributed by atoms with van der Waals surface area (Å²) in [5.41, 5.74) is 2.88. The van der Waals surface area contributed by atoms with Crippen molar-refractivity contribution in [2.24, 2.45) is 0 Å². The van der Waals surface area contributed by atoms with Crippen molar-refractivity contribution in [2.75, 3.05) is 45.9 Å². The monoisotopic (exact) mass is 332 g/mol. The first-order chi connectivity index (χ1) is 11.6. The van der Waals surface area contributed by atoms with Crippen molar-refractivity contribution in [1.29, 1.82) is 0 Å². The maximum atomic E-state index is 5.67. The Labute approximate surface area is 146 Å². The summed E-state index contributed by atoms with van der Waals surface area (Å²) in [6.07, 6.45) is 3.43. The Morgan fingerprint density at radius 2 is 1.62 bits per heavy atom. The fourth-order valence-corrected chi connectivity index (χ4v) is 3.68. The molecule has 4 nitrogen and oxygen atoms in total. The van der Waals surface area contributed by atoms with Crippen LogP contribution in [0.25, 0.3) is 0 Å². The lowest BCUT2D eigenvalue weighted by Gasteiger charge is -2.35. The second kappa shape index (κ2) is 8.43. The molecule has 0 saturated carbocycles. The van der Waals surface area contributed by atoms with E-state index in [1.807, 2.05) is 0 Å². The molecular weight excluding hydrogens is 300 g/mol. The molecule has 2 fully saturated rings. The average Bonchev–Trinajstić information content (AvgIpc) is 3.02. The molecule has 1 aromatic carbocycles. The molecule has 0 unspecified atom stereocenters. The summed E-state index contributed by atoms with van der Waals surface area (Å²) in [5.74, 6) is -0.313. The predicted octanol–water partition coefficient (Wildman–Crippen LogP) is 3.05. The number of nitrogens with zero attached hydrogens (tertiary/aromatic N) is 2. The molecule has 2 aliphatic heterocycles. The fourth-order valence-electron chi connectivity index (χ4n) is 3.68. The highest BCUT2D eigenvalue weighted by Crippen LogP contribution is 2.24. The van der Waals surface area contributed by atoms with Gasteiger partial charge in [0, 0.05) is 39.1 Å². The molecular formula is C20H32N2O2. The Morgan fingerprint density at radius 1 is 0.958 bits per heavy atom. The summed E-state index contributed by atoms with van der Waals surface area (Å²) in [7, 11) is 0. The molecule has 0 bridgehead atoms. The van der Waals surface area contributed by atoms with Gasteiger partial charge in [-0.2, -0.15) is 0 Å². The van der Waals surface area contributed by atoms with E-state index in [1.54, 1.807) is 0 Å². The van der Waals surface area contributed by atoms with Crippen molar-refractivity contribution in [3.63, 3.8) is 0 Å². The van der Waals surface area contributed by atoms with Crippen LogP contribution in [0.4, 0.5) is 0 Å². The number of rotatable bonds is 7. The second-order valence-electron chi connectivity index (χ2n) is 7.33. The number of ether oxygens (including phenoxy) is 2. The van der Waals surface area contributed by atoms with E-state index in [0.717, 1.165) is 26.2 Å². The molecule has 24 heavy (non-hydrogen) atoms. The summed E-state index contributed by atoms with van der Waals surface area (Å²) >= 11 is 0. The topological polar surface area (TPSA) is 24.9 Å². The standard InChI is InChI=1S/C20H32N2O2/c1-18-7-3-4-8-19(18)17-22-13-11-21(12-14-22)10-6-5-9-20(2)23-15-16-24-20/h3-4,7-8H,5-6,9-17H2,1-2H3. The molecule has 1 aromatic rings.